The van der Waals surface area contributed by atoms with Crippen molar-refractivity contribution in [2.24, 2.45) is 0 Å². The standard InChI is InChI=1S/C18H29F3O/c1-5-9-13-15(11-7-3)22-17(12-8-4)16(14-10-6-2)18(19,20)21/h6,10,12,14-15H,5,7-9,11,13H2,1-4H3/b10-6-,16-14+,17-12-. The maximum Gasteiger partial charge on any atom is 0.419 e. The first-order chi connectivity index (χ1) is 10.4. The minimum atomic E-state index is -4.41. The smallest absolute Gasteiger partial charge is 0.419 e. The summed E-state index contributed by atoms with van der Waals surface area (Å²) in [7, 11) is 0. The van der Waals surface area contributed by atoms with E-state index in [1.165, 1.54) is 12.2 Å². The Labute approximate surface area is 132 Å². The van der Waals surface area contributed by atoms with Crippen LogP contribution in [0, 0.1) is 0 Å². The Bertz CT molecular complexity index is 378. The molecule has 0 saturated heterocycles. The second kappa shape index (κ2) is 11.4. The fraction of sp³-hybridized carbons (Fsp3) is 0.667. The Morgan fingerprint density at radius 3 is 2.23 bits per heavy atom. The van der Waals surface area contributed by atoms with E-state index >= 15 is 0 Å². The Morgan fingerprint density at radius 2 is 1.77 bits per heavy atom. The van der Waals surface area contributed by atoms with Gasteiger partial charge in [0.1, 0.15) is 5.76 Å². The molecule has 0 rings (SSSR count). The molecule has 0 aromatic rings. The van der Waals surface area contributed by atoms with E-state index in [9.17, 15) is 13.2 Å². The van der Waals surface area contributed by atoms with Crippen molar-refractivity contribution in [2.75, 3.05) is 0 Å². The average molecular weight is 318 g/mol. The van der Waals surface area contributed by atoms with Gasteiger partial charge in [0.25, 0.3) is 0 Å². The zero-order chi connectivity index (χ0) is 17.0. The van der Waals surface area contributed by atoms with Crippen LogP contribution in [0.2, 0.25) is 0 Å². The first-order valence-corrected chi connectivity index (χ1v) is 8.17. The highest BCUT2D eigenvalue weighted by atomic mass is 19.4. The lowest BCUT2D eigenvalue weighted by molar-refractivity contribution is -0.0957. The third-order valence-corrected chi connectivity index (χ3v) is 3.20. The highest BCUT2D eigenvalue weighted by Gasteiger charge is 2.37. The molecule has 0 aliphatic rings. The molecule has 0 spiro atoms. The summed E-state index contributed by atoms with van der Waals surface area (Å²) in [6, 6.07) is 0. The van der Waals surface area contributed by atoms with Crippen LogP contribution in [0.15, 0.2) is 35.6 Å². The van der Waals surface area contributed by atoms with Gasteiger partial charge in [-0.05, 0) is 38.3 Å². The molecule has 0 bridgehead atoms. The number of hydrogen-bond donors (Lipinski definition) is 0. The first kappa shape index (κ1) is 20.8. The van der Waals surface area contributed by atoms with Gasteiger partial charge in [0, 0.05) is 0 Å². The highest BCUT2D eigenvalue weighted by molar-refractivity contribution is 5.33. The predicted molar refractivity (Wildman–Crippen MR) is 86.6 cm³/mol. The molecule has 1 nitrogen and oxygen atoms in total. The van der Waals surface area contributed by atoms with E-state index in [0.717, 1.165) is 38.2 Å². The molecular formula is C18H29F3O. The summed E-state index contributed by atoms with van der Waals surface area (Å²) in [4.78, 5) is 0. The van der Waals surface area contributed by atoms with Crippen molar-refractivity contribution in [3.05, 3.63) is 35.6 Å². The first-order valence-electron chi connectivity index (χ1n) is 8.17. The van der Waals surface area contributed by atoms with Gasteiger partial charge >= 0.3 is 6.18 Å². The molecule has 0 N–H and O–H groups in total. The van der Waals surface area contributed by atoms with Crippen LogP contribution >= 0.6 is 0 Å². The van der Waals surface area contributed by atoms with Gasteiger partial charge in [-0.15, -0.1) is 0 Å². The van der Waals surface area contributed by atoms with Gasteiger partial charge in [0.15, 0.2) is 0 Å². The predicted octanol–water partition coefficient (Wildman–Crippen LogP) is 6.72. The SMILES string of the molecule is C\C=C/C=C(\C(=C\CC)OC(CCC)CCCC)C(F)(F)F. The summed E-state index contributed by atoms with van der Waals surface area (Å²) in [5.74, 6) is -0.0392. The summed E-state index contributed by atoms with van der Waals surface area (Å²) in [6.45, 7) is 7.59. The number of ether oxygens (including phenoxy) is 1. The van der Waals surface area contributed by atoms with E-state index in [0.29, 0.717) is 6.42 Å². The zero-order valence-corrected chi connectivity index (χ0v) is 14.2. The van der Waals surface area contributed by atoms with E-state index in [2.05, 4.69) is 6.92 Å². The minimum absolute atomic E-state index is 0.0392. The van der Waals surface area contributed by atoms with Crippen LogP contribution in [0.25, 0.3) is 0 Å². The van der Waals surface area contributed by atoms with Crippen molar-refractivity contribution >= 4 is 0 Å². The number of hydrogen-bond acceptors (Lipinski definition) is 1. The molecule has 0 heterocycles. The highest BCUT2D eigenvalue weighted by Crippen LogP contribution is 2.33. The number of alkyl halides is 3. The average Bonchev–Trinajstić information content (AvgIpc) is 2.44. The summed E-state index contributed by atoms with van der Waals surface area (Å²) >= 11 is 0. The zero-order valence-electron chi connectivity index (χ0n) is 14.2. The lowest BCUT2D eigenvalue weighted by Crippen LogP contribution is -2.20. The minimum Gasteiger partial charge on any atom is -0.490 e. The maximum atomic E-state index is 13.3. The van der Waals surface area contributed by atoms with E-state index in [1.807, 2.05) is 13.8 Å². The molecular weight excluding hydrogens is 289 g/mol. The molecule has 0 radical (unpaired) electrons. The Balaban J connectivity index is 5.34. The van der Waals surface area contributed by atoms with Crippen LogP contribution in [-0.4, -0.2) is 12.3 Å². The van der Waals surface area contributed by atoms with Gasteiger partial charge in [-0.2, -0.15) is 13.2 Å². The van der Waals surface area contributed by atoms with Crippen molar-refractivity contribution < 1.29 is 17.9 Å². The summed E-state index contributed by atoms with van der Waals surface area (Å²) in [6.07, 6.45) is 5.96. The lowest BCUT2D eigenvalue weighted by Gasteiger charge is -2.23. The fourth-order valence-electron chi connectivity index (χ4n) is 2.11. The Hall–Kier alpha value is -1.19. The van der Waals surface area contributed by atoms with Crippen LogP contribution in [-0.2, 0) is 4.74 Å². The normalized spacial score (nSPS) is 15.4. The third-order valence-electron chi connectivity index (χ3n) is 3.20. The van der Waals surface area contributed by atoms with Crippen LogP contribution in [0.3, 0.4) is 0 Å². The van der Waals surface area contributed by atoms with Gasteiger partial charge < -0.3 is 4.74 Å². The second-order valence-electron chi connectivity index (χ2n) is 5.25. The number of halogens is 3. The van der Waals surface area contributed by atoms with Crippen molar-refractivity contribution in [3.8, 4) is 0 Å². The molecule has 0 aliphatic heterocycles. The monoisotopic (exact) mass is 318 g/mol. The van der Waals surface area contributed by atoms with Gasteiger partial charge in [0.2, 0.25) is 0 Å². The molecule has 4 heteroatoms. The number of allylic oxidation sites excluding steroid dienone is 5. The molecule has 1 atom stereocenters. The molecule has 0 saturated carbocycles. The van der Waals surface area contributed by atoms with Crippen LogP contribution < -0.4 is 0 Å². The van der Waals surface area contributed by atoms with Crippen LogP contribution in [0.4, 0.5) is 13.2 Å². The third kappa shape index (κ3) is 8.30. The summed E-state index contributed by atoms with van der Waals surface area (Å²) < 4.78 is 45.6. The molecule has 0 aromatic carbocycles. The van der Waals surface area contributed by atoms with Crippen LogP contribution in [0.1, 0.15) is 66.2 Å². The lowest BCUT2D eigenvalue weighted by atomic mass is 10.1. The van der Waals surface area contributed by atoms with E-state index in [-0.39, 0.29) is 11.9 Å². The quantitative estimate of drug-likeness (QED) is 0.321. The molecule has 0 aliphatic carbocycles. The Morgan fingerprint density at radius 1 is 1.09 bits per heavy atom. The topological polar surface area (TPSA) is 9.23 Å². The molecule has 0 amide bonds. The van der Waals surface area contributed by atoms with E-state index < -0.39 is 11.7 Å². The van der Waals surface area contributed by atoms with E-state index in [4.69, 9.17) is 4.74 Å². The van der Waals surface area contributed by atoms with Crippen molar-refractivity contribution in [1.29, 1.82) is 0 Å². The molecule has 128 valence electrons. The largest absolute Gasteiger partial charge is 0.490 e. The van der Waals surface area contributed by atoms with E-state index in [1.54, 1.807) is 13.0 Å². The summed E-state index contributed by atoms with van der Waals surface area (Å²) in [5.41, 5.74) is -0.704. The molecule has 1 unspecified atom stereocenters. The van der Waals surface area contributed by atoms with Crippen LogP contribution in [0.5, 0.6) is 0 Å². The van der Waals surface area contributed by atoms with Gasteiger partial charge in [0.05, 0.1) is 11.7 Å². The molecule has 22 heavy (non-hydrogen) atoms. The number of unbranched alkanes of at least 4 members (excludes halogenated alkanes) is 1. The second-order valence-corrected chi connectivity index (χ2v) is 5.25. The summed E-state index contributed by atoms with van der Waals surface area (Å²) in [5, 5.41) is 0. The van der Waals surface area contributed by atoms with Gasteiger partial charge in [-0.1, -0.05) is 52.2 Å². The maximum absolute atomic E-state index is 13.3. The van der Waals surface area contributed by atoms with Crippen molar-refractivity contribution in [2.45, 2.75) is 78.5 Å². The van der Waals surface area contributed by atoms with Crippen molar-refractivity contribution in [1.82, 2.24) is 0 Å². The molecule has 0 fully saturated rings. The van der Waals surface area contributed by atoms with Crippen molar-refractivity contribution in [3.63, 3.8) is 0 Å². The number of rotatable bonds is 10. The van der Waals surface area contributed by atoms with Gasteiger partial charge in [-0.25, -0.2) is 0 Å². The van der Waals surface area contributed by atoms with Gasteiger partial charge in [-0.3, -0.25) is 0 Å². The molecule has 0 aromatic heterocycles. The Kier molecular flexibility index (Phi) is 10.8. The fourth-order valence-corrected chi connectivity index (χ4v) is 2.11.